The highest BCUT2D eigenvalue weighted by molar-refractivity contribution is 5.77. The van der Waals surface area contributed by atoms with E-state index in [0.29, 0.717) is 6.54 Å². The average molecular weight is 326 g/mol. The lowest BCUT2D eigenvalue weighted by Crippen LogP contribution is -2.28. The van der Waals surface area contributed by atoms with E-state index < -0.39 is 0 Å². The summed E-state index contributed by atoms with van der Waals surface area (Å²) in [4.78, 5) is 14.2. The maximum atomic E-state index is 11.9. The maximum absolute atomic E-state index is 11.9. The second kappa shape index (κ2) is 8.96. The highest BCUT2D eigenvalue weighted by Gasteiger charge is 2.05. The van der Waals surface area contributed by atoms with Gasteiger partial charge in [0, 0.05) is 25.3 Å². The zero-order chi connectivity index (χ0) is 17.4. The molecule has 4 nitrogen and oxygen atoms in total. The van der Waals surface area contributed by atoms with Gasteiger partial charge in [-0.3, -0.25) is 4.79 Å². The zero-order valence-corrected chi connectivity index (χ0v) is 14.7. The second-order valence-corrected chi connectivity index (χ2v) is 5.67. The van der Waals surface area contributed by atoms with Crippen LogP contribution in [0.4, 0.5) is 5.69 Å². The molecular weight excluding hydrogens is 300 g/mol. The number of ether oxygens (including phenoxy) is 1. The lowest BCUT2D eigenvalue weighted by Gasteiger charge is -2.21. The van der Waals surface area contributed by atoms with E-state index in [1.807, 2.05) is 31.2 Å². The fourth-order valence-corrected chi connectivity index (χ4v) is 2.53. The number of carbonyl (C=O) groups excluding carboxylic acids is 1. The molecule has 4 heteroatoms. The molecule has 2 aromatic carbocycles. The summed E-state index contributed by atoms with van der Waals surface area (Å²) in [6, 6.07) is 16.0. The van der Waals surface area contributed by atoms with Gasteiger partial charge < -0.3 is 15.0 Å². The van der Waals surface area contributed by atoms with Crippen LogP contribution in [0, 0.1) is 6.92 Å². The van der Waals surface area contributed by atoms with E-state index in [1.165, 1.54) is 5.69 Å². The third kappa shape index (κ3) is 5.01. The highest BCUT2D eigenvalue weighted by atomic mass is 16.5. The molecule has 0 atom stereocenters. The van der Waals surface area contributed by atoms with Gasteiger partial charge in [0.15, 0.2) is 6.61 Å². The number of rotatable bonds is 8. The Bertz CT molecular complexity index is 649. The van der Waals surface area contributed by atoms with E-state index in [-0.39, 0.29) is 12.5 Å². The van der Waals surface area contributed by atoms with Crippen LogP contribution < -0.4 is 15.0 Å². The third-order valence-electron chi connectivity index (χ3n) is 4.01. The summed E-state index contributed by atoms with van der Waals surface area (Å²) in [6.07, 6.45) is 0. The van der Waals surface area contributed by atoms with Gasteiger partial charge in [-0.05, 0) is 50.1 Å². The van der Waals surface area contributed by atoms with Crippen molar-refractivity contribution in [1.82, 2.24) is 5.32 Å². The van der Waals surface area contributed by atoms with Crippen molar-refractivity contribution >= 4 is 11.6 Å². The van der Waals surface area contributed by atoms with Crippen molar-refractivity contribution in [2.75, 3.05) is 24.6 Å². The summed E-state index contributed by atoms with van der Waals surface area (Å²) < 4.78 is 5.55. The molecule has 24 heavy (non-hydrogen) atoms. The molecule has 0 aliphatic rings. The smallest absolute Gasteiger partial charge is 0.258 e. The van der Waals surface area contributed by atoms with Crippen LogP contribution in [0.15, 0.2) is 48.5 Å². The van der Waals surface area contributed by atoms with Crippen LogP contribution in [0.5, 0.6) is 5.75 Å². The van der Waals surface area contributed by atoms with E-state index in [4.69, 9.17) is 4.74 Å². The Morgan fingerprint density at radius 2 is 1.71 bits per heavy atom. The van der Waals surface area contributed by atoms with E-state index in [0.717, 1.165) is 30.0 Å². The predicted molar refractivity (Wildman–Crippen MR) is 98.5 cm³/mol. The van der Waals surface area contributed by atoms with Gasteiger partial charge in [0.25, 0.3) is 5.91 Å². The Morgan fingerprint density at radius 3 is 2.33 bits per heavy atom. The number of anilines is 1. The Balaban J connectivity index is 1.80. The molecule has 1 N–H and O–H groups in total. The minimum absolute atomic E-state index is 0.0301. The zero-order valence-electron chi connectivity index (χ0n) is 14.7. The molecule has 0 saturated heterocycles. The Morgan fingerprint density at radius 1 is 1.04 bits per heavy atom. The molecule has 2 aromatic rings. The SMILES string of the molecule is CCN(CC)c1ccc(CNC(=O)COc2ccccc2C)cc1. The molecule has 0 aromatic heterocycles. The lowest BCUT2D eigenvalue weighted by molar-refractivity contribution is -0.123. The topological polar surface area (TPSA) is 41.6 Å². The number of amides is 1. The molecule has 0 aliphatic heterocycles. The van der Waals surface area contributed by atoms with Crippen LogP contribution in [0.1, 0.15) is 25.0 Å². The van der Waals surface area contributed by atoms with Crippen molar-refractivity contribution in [1.29, 1.82) is 0 Å². The highest BCUT2D eigenvalue weighted by Crippen LogP contribution is 2.16. The Kier molecular flexibility index (Phi) is 6.67. The standard InChI is InChI=1S/C20H26N2O2/c1-4-22(5-2)18-12-10-17(11-13-18)14-21-20(23)15-24-19-9-7-6-8-16(19)3/h6-13H,4-5,14-15H2,1-3H3,(H,21,23). The van der Waals surface area contributed by atoms with Crippen LogP contribution in [0.2, 0.25) is 0 Å². The molecule has 0 unspecified atom stereocenters. The molecule has 0 heterocycles. The summed E-state index contributed by atoms with van der Waals surface area (Å²) in [5.74, 6) is 0.627. The minimum Gasteiger partial charge on any atom is -0.484 e. The van der Waals surface area contributed by atoms with Gasteiger partial charge >= 0.3 is 0 Å². The van der Waals surface area contributed by atoms with Crippen molar-refractivity contribution < 1.29 is 9.53 Å². The van der Waals surface area contributed by atoms with Crippen LogP contribution >= 0.6 is 0 Å². The first-order valence-electron chi connectivity index (χ1n) is 8.43. The average Bonchev–Trinajstić information content (AvgIpc) is 2.61. The predicted octanol–water partition coefficient (Wildman–Crippen LogP) is 3.54. The largest absolute Gasteiger partial charge is 0.484 e. The summed E-state index contributed by atoms with van der Waals surface area (Å²) in [5.41, 5.74) is 3.31. The monoisotopic (exact) mass is 326 g/mol. The maximum Gasteiger partial charge on any atom is 0.258 e. The molecule has 2 rings (SSSR count). The van der Waals surface area contributed by atoms with Gasteiger partial charge in [-0.25, -0.2) is 0 Å². The van der Waals surface area contributed by atoms with E-state index in [9.17, 15) is 4.79 Å². The van der Waals surface area contributed by atoms with Crippen molar-refractivity contribution in [2.45, 2.75) is 27.3 Å². The van der Waals surface area contributed by atoms with E-state index >= 15 is 0 Å². The third-order valence-corrected chi connectivity index (χ3v) is 4.01. The van der Waals surface area contributed by atoms with Crippen LogP contribution in [0.3, 0.4) is 0 Å². The first-order valence-corrected chi connectivity index (χ1v) is 8.43. The first kappa shape index (κ1) is 17.9. The van der Waals surface area contributed by atoms with E-state index in [1.54, 1.807) is 0 Å². The summed E-state index contributed by atoms with van der Waals surface area (Å²) >= 11 is 0. The molecular formula is C20H26N2O2. The van der Waals surface area contributed by atoms with Gasteiger partial charge in [-0.1, -0.05) is 30.3 Å². The molecule has 0 bridgehead atoms. The number of para-hydroxylation sites is 1. The number of nitrogens with one attached hydrogen (secondary N) is 1. The van der Waals surface area contributed by atoms with Gasteiger partial charge in [-0.15, -0.1) is 0 Å². The fraction of sp³-hybridized carbons (Fsp3) is 0.350. The summed E-state index contributed by atoms with van der Waals surface area (Å²) in [5, 5.41) is 2.89. The number of aryl methyl sites for hydroxylation is 1. The molecule has 0 saturated carbocycles. The normalized spacial score (nSPS) is 10.3. The number of nitrogens with zero attached hydrogens (tertiary/aromatic N) is 1. The first-order chi connectivity index (χ1) is 11.6. The van der Waals surface area contributed by atoms with Crippen LogP contribution in [-0.2, 0) is 11.3 Å². The number of carbonyl (C=O) groups is 1. The second-order valence-electron chi connectivity index (χ2n) is 5.67. The molecule has 0 fully saturated rings. The molecule has 128 valence electrons. The molecule has 0 radical (unpaired) electrons. The van der Waals surface area contributed by atoms with Crippen molar-refractivity contribution in [3.63, 3.8) is 0 Å². The fourth-order valence-electron chi connectivity index (χ4n) is 2.53. The number of hydrogen-bond acceptors (Lipinski definition) is 3. The van der Waals surface area contributed by atoms with Crippen molar-refractivity contribution in [2.24, 2.45) is 0 Å². The lowest BCUT2D eigenvalue weighted by atomic mass is 10.2. The van der Waals surface area contributed by atoms with Gasteiger partial charge in [-0.2, -0.15) is 0 Å². The number of hydrogen-bond donors (Lipinski definition) is 1. The molecule has 1 amide bonds. The Labute approximate surface area is 144 Å². The van der Waals surface area contributed by atoms with Crippen molar-refractivity contribution in [3.8, 4) is 5.75 Å². The van der Waals surface area contributed by atoms with Gasteiger partial charge in [0.05, 0.1) is 0 Å². The summed E-state index contributed by atoms with van der Waals surface area (Å²) in [6.45, 7) is 8.77. The van der Waals surface area contributed by atoms with Crippen LogP contribution in [0.25, 0.3) is 0 Å². The van der Waals surface area contributed by atoms with Gasteiger partial charge in [0.1, 0.15) is 5.75 Å². The quantitative estimate of drug-likeness (QED) is 0.807. The minimum atomic E-state index is -0.119. The Hall–Kier alpha value is -2.49. The van der Waals surface area contributed by atoms with Crippen molar-refractivity contribution in [3.05, 3.63) is 59.7 Å². The summed E-state index contributed by atoms with van der Waals surface area (Å²) in [7, 11) is 0. The van der Waals surface area contributed by atoms with Gasteiger partial charge in [0.2, 0.25) is 0 Å². The van der Waals surface area contributed by atoms with Crippen LogP contribution in [-0.4, -0.2) is 25.6 Å². The molecule has 0 aliphatic carbocycles. The van der Waals surface area contributed by atoms with E-state index in [2.05, 4.69) is 48.3 Å². The molecule has 0 spiro atoms. The number of benzene rings is 2.